The van der Waals surface area contributed by atoms with Gasteiger partial charge in [-0.15, -0.1) is 0 Å². The first kappa shape index (κ1) is 20.4. The summed E-state index contributed by atoms with van der Waals surface area (Å²) in [6.45, 7) is 4.23. The number of methoxy groups -OCH3 is 2. The number of ether oxygens (including phenoxy) is 2. The first-order valence-corrected chi connectivity index (χ1v) is 9.48. The Kier molecular flexibility index (Phi) is 7.22. The van der Waals surface area contributed by atoms with Crippen LogP contribution >= 0.6 is 34.8 Å². The van der Waals surface area contributed by atoms with Crippen LogP contribution in [0.5, 0.6) is 11.5 Å². The van der Waals surface area contributed by atoms with E-state index < -0.39 is 0 Å². The van der Waals surface area contributed by atoms with E-state index in [0.717, 1.165) is 14.8 Å². The molecule has 7 heteroatoms. The van der Waals surface area contributed by atoms with E-state index in [0.29, 0.717) is 23.0 Å². The summed E-state index contributed by atoms with van der Waals surface area (Å²) in [7, 11) is 3.07. The van der Waals surface area contributed by atoms with Crippen LogP contribution in [0.25, 0.3) is 0 Å². The fourth-order valence-corrected chi connectivity index (χ4v) is 3.15. The molecular formula is C19H21IN2O3S. The van der Waals surface area contributed by atoms with Crippen molar-refractivity contribution >= 4 is 51.5 Å². The average Bonchev–Trinajstić information content (AvgIpc) is 2.62. The van der Waals surface area contributed by atoms with Gasteiger partial charge in [-0.05, 0) is 82.7 Å². The Balaban J connectivity index is 2.12. The van der Waals surface area contributed by atoms with E-state index in [-0.39, 0.29) is 11.0 Å². The van der Waals surface area contributed by atoms with Gasteiger partial charge in [0.25, 0.3) is 5.91 Å². The molecule has 5 nitrogen and oxygen atoms in total. The van der Waals surface area contributed by atoms with Crippen molar-refractivity contribution in [2.24, 2.45) is 0 Å². The van der Waals surface area contributed by atoms with Crippen LogP contribution in [-0.2, 0) is 0 Å². The molecule has 0 spiro atoms. The van der Waals surface area contributed by atoms with Crippen molar-refractivity contribution in [3.8, 4) is 11.5 Å². The molecule has 0 aliphatic carbocycles. The number of rotatable bonds is 5. The van der Waals surface area contributed by atoms with Gasteiger partial charge in [0.1, 0.15) is 0 Å². The number of carbonyl (C=O) groups excluding carboxylic acids is 1. The number of nitrogens with one attached hydrogen (secondary N) is 2. The zero-order valence-corrected chi connectivity index (χ0v) is 18.0. The predicted molar refractivity (Wildman–Crippen MR) is 116 cm³/mol. The Hall–Kier alpha value is -1.87. The predicted octanol–water partition coefficient (Wildman–Crippen LogP) is 4.56. The van der Waals surface area contributed by atoms with Crippen molar-refractivity contribution in [3.63, 3.8) is 0 Å². The van der Waals surface area contributed by atoms with E-state index in [1.165, 1.54) is 7.11 Å². The van der Waals surface area contributed by atoms with Gasteiger partial charge in [-0.3, -0.25) is 10.1 Å². The molecule has 0 saturated heterocycles. The van der Waals surface area contributed by atoms with E-state index in [9.17, 15) is 4.79 Å². The van der Waals surface area contributed by atoms with E-state index in [1.54, 1.807) is 25.3 Å². The number of anilines is 1. The highest BCUT2D eigenvalue weighted by molar-refractivity contribution is 14.1. The Morgan fingerprint density at radius 3 is 2.38 bits per heavy atom. The fourth-order valence-electron chi connectivity index (χ4n) is 2.43. The topological polar surface area (TPSA) is 59.6 Å². The van der Waals surface area contributed by atoms with Crippen molar-refractivity contribution in [2.45, 2.75) is 19.8 Å². The molecule has 1 amide bonds. The average molecular weight is 484 g/mol. The summed E-state index contributed by atoms with van der Waals surface area (Å²) in [5, 5.41) is 6.05. The third-order valence-electron chi connectivity index (χ3n) is 3.76. The summed E-state index contributed by atoms with van der Waals surface area (Å²) >= 11 is 7.58. The van der Waals surface area contributed by atoms with Crippen molar-refractivity contribution in [1.29, 1.82) is 0 Å². The SMILES string of the molecule is COc1ccc(C(=O)NC(=S)Nc2ccc(I)cc2C(C)C)cc1OC. The summed E-state index contributed by atoms with van der Waals surface area (Å²) in [5.74, 6) is 1.06. The molecule has 26 heavy (non-hydrogen) atoms. The van der Waals surface area contributed by atoms with Gasteiger partial charge in [-0.25, -0.2) is 0 Å². The molecule has 0 heterocycles. The summed E-state index contributed by atoms with van der Waals surface area (Å²) in [6, 6.07) is 11.0. The highest BCUT2D eigenvalue weighted by Crippen LogP contribution is 2.28. The van der Waals surface area contributed by atoms with Gasteiger partial charge in [0.15, 0.2) is 16.6 Å². The summed E-state index contributed by atoms with van der Waals surface area (Å²) in [5.41, 5.74) is 2.45. The van der Waals surface area contributed by atoms with E-state index in [1.807, 2.05) is 12.1 Å². The minimum Gasteiger partial charge on any atom is -0.493 e. The highest BCUT2D eigenvalue weighted by Gasteiger charge is 2.14. The number of carbonyl (C=O) groups is 1. The Morgan fingerprint density at radius 2 is 1.77 bits per heavy atom. The maximum Gasteiger partial charge on any atom is 0.257 e. The molecule has 0 radical (unpaired) electrons. The van der Waals surface area contributed by atoms with Gasteiger partial charge in [0, 0.05) is 14.8 Å². The molecule has 0 unspecified atom stereocenters. The smallest absolute Gasteiger partial charge is 0.257 e. The second kappa shape index (κ2) is 9.18. The first-order valence-electron chi connectivity index (χ1n) is 7.99. The lowest BCUT2D eigenvalue weighted by molar-refractivity contribution is 0.0977. The number of amides is 1. The normalized spacial score (nSPS) is 10.4. The largest absolute Gasteiger partial charge is 0.493 e. The van der Waals surface area contributed by atoms with Crippen LogP contribution in [0.15, 0.2) is 36.4 Å². The molecule has 2 aromatic carbocycles. The minimum absolute atomic E-state index is 0.243. The quantitative estimate of drug-likeness (QED) is 0.482. The summed E-state index contributed by atoms with van der Waals surface area (Å²) < 4.78 is 11.6. The number of halogens is 1. The fraction of sp³-hybridized carbons (Fsp3) is 0.263. The third-order valence-corrected chi connectivity index (χ3v) is 4.63. The summed E-state index contributed by atoms with van der Waals surface area (Å²) in [4.78, 5) is 12.4. The Morgan fingerprint density at radius 1 is 1.08 bits per heavy atom. The second-order valence-electron chi connectivity index (χ2n) is 5.86. The van der Waals surface area contributed by atoms with Crippen LogP contribution in [0.4, 0.5) is 5.69 Å². The molecule has 0 bridgehead atoms. The van der Waals surface area contributed by atoms with E-state index in [2.05, 4.69) is 53.1 Å². The minimum atomic E-state index is -0.319. The van der Waals surface area contributed by atoms with Crippen LogP contribution in [0.1, 0.15) is 35.7 Å². The zero-order valence-electron chi connectivity index (χ0n) is 15.1. The molecule has 0 fully saturated rings. The monoisotopic (exact) mass is 484 g/mol. The number of thiocarbonyl (C=S) groups is 1. The highest BCUT2D eigenvalue weighted by atomic mass is 127. The molecule has 0 aliphatic heterocycles. The lowest BCUT2D eigenvalue weighted by atomic mass is 10.0. The third kappa shape index (κ3) is 5.07. The van der Waals surface area contributed by atoms with Crippen LogP contribution in [0, 0.1) is 3.57 Å². The lowest BCUT2D eigenvalue weighted by Crippen LogP contribution is -2.34. The molecule has 0 aromatic heterocycles. The molecule has 138 valence electrons. The molecule has 0 aliphatic rings. The van der Waals surface area contributed by atoms with Gasteiger partial charge in [0.05, 0.1) is 14.2 Å². The first-order chi connectivity index (χ1) is 12.3. The summed E-state index contributed by atoms with van der Waals surface area (Å²) in [6.07, 6.45) is 0. The zero-order chi connectivity index (χ0) is 19.3. The van der Waals surface area contributed by atoms with Crippen LogP contribution < -0.4 is 20.1 Å². The molecule has 0 saturated carbocycles. The molecule has 2 aromatic rings. The second-order valence-corrected chi connectivity index (χ2v) is 7.52. The van der Waals surface area contributed by atoms with Crippen LogP contribution in [0.2, 0.25) is 0 Å². The van der Waals surface area contributed by atoms with E-state index >= 15 is 0 Å². The number of hydrogen-bond acceptors (Lipinski definition) is 4. The Bertz CT molecular complexity index is 824. The molecule has 2 rings (SSSR count). The van der Waals surface area contributed by atoms with Gasteiger partial charge in [-0.1, -0.05) is 13.8 Å². The standard InChI is InChI=1S/C19H21IN2O3S/c1-11(2)14-10-13(20)6-7-15(14)21-19(26)22-18(23)12-5-8-16(24-3)17(9-12)25-4/h5-11H,1-4H3,(H2,21,22,23,26). The van der Waals surface area contributed by atoms with Gasteiger partial charge in [0.2, 0.25) is 0 Å². The van der Waals surface area contributed by atoms with Gasteiger partial charge >= 0.3 is 0 Å². The number of hydrogen-bond donors (Lipinski definition) is 2. The Labute approximate surface area is 172 Å². The lowest BCUT2D eigenvalue weighted by Gasteiger charge is -2.16. The molecule has 0 atom stereocenters. The maximum atomic E-state index is 12.4. The van der Waals surface area contributed by atoms with Crippen molar-refractivity contribution < 1.29 is 14.3 Å². The van der Waals surface area contributed by atoms with Gasteiger partial charge in [-0.2, -0.15) is 0 Å². The molecule has 2 N–H and O–H groups in total. The van der Waals surface area contributed by atoms with E-state index in [4.69, 9.17) is 21.7 Å². The van der Waals surface area contributed by atoms with Crippen molar-refractivity contribution in [3.05, 3.63) is 51.1 Å². The van der Waals surface area contributed by atoms with Gasteiger partial charge < -0.3 is 14.8 Å². The van der Waals surface area contributed by atoms with Crippen LogP contribution in [-0.4, -0.2) is 25.2 Å². The molecular weight excluding hydrogens is 463 g/mol. The number of benzene rings is 2. The van der Waals surface area contributed by atoms with Crippen LogP contribution in [0.3, 0.4) is 0 Å². The maximum absolute atomic E-state index is 12.4. The van der Waals surface area contributed by atoms with Crippen molar-refractivity contribution in [1.82, 2.24) is 5.32 Å². The van der Waals surface area contributed by atoms with Crippen molar-refractivity contribution in [2.75, 3.05) is 19.5 Å².